The van der Waals surface area contributed by atoms with E-state index in [1.54, 1.807) is 6.08 Å². The van der Waals surface area contributed by atoms with Gasteiger partial charge < -0.3 is 11.1 Å². The molecule has 6 heteroatoms. The molecular formula is C33H26N6. The summed E-state index contributed by atoms with van der Waals surface area (Å²) in [6.07, 6.45) is 1.69. The Morgan fingerprint density at radius 2 is 1.08 bits per heavy atom. The topological polar surface area (TPSA) is 107 Å². The lowest BCUT2D eigenvalue weighted by Crippen LogP contribution is -2.02. The third-order valence-corrected chi connectivity index (χ3v) is 6.59. The maximum absolute atomic E-state index is 8.37. The molecule has 6 aromatic rings. The Kier molecular flexibility index (Phi) is 6.41. The smallest absolute Gasteiger partial charge is 0.0927 e. The first-order valence-electron chi connectivity index (χ1n) is 12.6. The van der Waals surface area contributed by atoms with Crippen molar-refractivity contribution in [2.24, 2.45) is 5.73 Å². The molecule has 0 fully saturated rings. The van der Waals surface area contributed by atoms with Crippen LogP contribution in [0.3, 0.4) is 0 Å². The average molecular weight is 507 g/mol. The quantitative estimate of drug-likeness (QED) is 0.172. The van der Waals surface area contributed by atoms with E-state index in [1.165, 1.54) is 0 Å². The first-order valence-corrected chi connectivity index (χ1v) is 12.6. The number of nitrogens with two attached hydrogens (primary N) is 1. The van der Waals surface area contributed by atoms with Gasteiger partial charge in [0.15, 0.2) is 0 Å². The van der Waals surface area contributed by atoms with Gasteiger partial charge in [-0.15, -0.1) is 0 Å². The van der Waals surface area contributed by atoms with Gasteiger partial charge in [-0.05, 0) is 41.5 Å². The van der Waals surface area contributed by atoms with Gasteiger partial charge in [-0.3, -0.25) is 10.2 Å². The Hall–Kier alpha value is -5.49. The number of aromatic amines is 2. The van der Waals surface area contributed by atoms with E-state index in [1.807, 2.05) is 97.1 Å². The van der Waals surface area contributed by atoms with Crippen LogP contribution in [0.2, 0.25) is 0 Å². The van der Waals surface area contributed by atoms with E-state index in [0.717, 1.165) is 56.2 Å². The molecule has 2 aromatic heterocycles. The maximum atomic E-state index is 8.37. The lowest BCUT2D eigenvalue weighted by Gasteiger charge is -2.05. The largest absolute Gasteiger partial charge is 0.398 e. The lowest BCUT2D eigenvalue weighted by molar-refractivity contribution is 1.10. The van der Waals surface area contributed by atoms with Crippen molar-refractivity contribution in [3.05, 3.63) is 139 Å². The number of benzene rings is 4. The van der Waals surface area contributed by atoms with Gasteiger partial charge in [0, 0.05) is 28.0 Å². The van der Waals surface area contributed by atoms with E-state index in [4.69, 9.17) is 11.1 Å². The third-order valence-electron chi connectivity index (χ3n) is 6.59. The molecule has 2 heterocycles. The van der Waals surface area contributed by atoms with Crippen LogP contribution in [0.1, 0.15) is 11.1 Å². The Balaban J connectivity index is 1.24. The maximum Gasteiger partial charge on any atom is 0.0927 e. The van der Waals surface area contributed by atoms with Gasteiger partial charge in [-0.25, -0.2) is 0 Å². The van der Waals surface area contributed by atoms with E-state index in [9.17, 15) is 0 Å². The molecule has 0 unspecified atom stereocenters. The number of nitrogens with one attached hydrogen (secondary N) is 3. The fourth-order valence-corrected chi connectivity index (χ4v) is 4.50. The minimum Gasteiger partial charge on any atom is -0.398 e. The van der Waals surface area contributed by atoms with Crippen LogP contribution in [-0.2, 0) is 0 Å². The molecule has 0 radical (unpaired) electrons. The summed E-state index contributed by atoms with van der Waals surface area (Å²) in [6, 6.07) is 39.9. The Morgan fingerprint density at radius 1 is 0.564 bits per heavy atom. The van der Waals surface area contributed by atoms with Gasteiger partial charge in [-0.2, -0.15) is 10.2 Å². The zero-order valence-corrected chi connectivity index (χ0v) is 21.1. The van der Waals surface area contributed by atoms with Crippen LogP contribution >= 0.6 is 0 Å². The summed E-state index contributed by atoms with van der Waals surface area (Å²) < 4.78 is 0. The fourth-order valence-electron chi connectivity index (χ4n) is 4.50. The van der Waals surface area contributed by atoms with Crippen molar-refractivity contribution in [3.63, 3.8) is 0 Å². The molecule has 0 aliphatic rings. The number of hydrogen-bond acceptors (Lipinski definition) is 4. The van der Waals surface area contributed by atoms with Crippen molar-refractivity contribution >= 4 is 11.4 Å². The van der Waals surface area contributed by atoms with Crippen LogP contribution in [0.5, 0.6) is 0 Å². The Labute approximate surface area is 226 Å². The molecule has 0 amide bonds. The summed E-state index contributed by atoms with van der Waals surface area (Å²) in [4.78, 5) is 0. The molecule has 0 aliphatic carbocycles. The molecular weight excluding hydrogens is 480 g/mol. The second-order valence-electron chi connectivity index (χ2n) is 9.24. The number of nitrogens with zero attached hydrogens (tertiary/aromatic N) is 2. The van der Waals surface area contributed by atoms with Crippen molar-refractivity contribution in [2.75, 3.05) is 0 Å². The number of rotatable bonds is 7. The van der Waals surface area contributed by atoms with Crippen molar-refractivity contribution in [2.45, 2.75) is 0 Å². The van der Waals surface area contributed by atoms with Crippen LogP contribution in [0.15, 0.2) is 127 Å². The van der Waals surface area contributed by atoms with Crippen molar-refractivity contribution in [1.82, 2.24) is 20.4 Å². The molecule has 0 aliphatic heterocycles. The Bertz CT molecular complexity index is 1780. The van der Waals surface area contributed by atoms with E-state index in [2.05, 4.69) is 44.7 Å². The van der Waals surface area contributed by atoms with Gasteiger partial charge >= 0.3 is 0 Å². The highest BCUT2D eigenvalue weighted by atomic mass is 15.1. The van der Waals surface area contributed by atoms with Crippen molar-refractivity contribution < 1.29 is 0 Å². The van der Waals surface area contributed by atoms with Crippen LogP contribution in [0.4, 0.5) is 0 Å². The fraction of sp³-hybridized carbons (Fsp3) is 0. The molecule has 0 bridgehead atoms. The predicted octanol–water partition coefficient (Wildman–Crippen LogP) is 7.17. The summed E-state index contributed by atoms with van der Waals surface area (Å²) >= 11 is 0. The summed E-state index contributed by atoms with van der Waals surface area (Å²) in [5, 5.41) is 23.8. The van der Waals surface area contributed by atoms with Crippen LogP contribution in [0.25, 0.3) is 50.7 Å². The molecule has 5 N–H and O–H groups in total. The van der Waals surface area contributed by atoms with E-state index >= 15 is 0 Å². The molecule has 188 valence electrons. The van der Waals surface area contributed by atoms with E-state index in [0.29, 0.717) is 11.4 Å². The zero-order chi connectivity index (χ0) is 26.6. The summed E-state index contributed by atoms with van der Waals surface area (Å²) in [5.74, 6) is 0. The molecule has 6 nitrogen and oxygen atoms in total. The van der Waals surface area contributed by atoms with Crippen LogP contribution < -0.4 is 5.73 Å². The second kappa shape index (κ2) is 10.5. The highest BCUT2D eigenvalue weighted by Gasteiger charge is 2.11. The average Bonchev–Trinajstić information content (AvgIpc) is 3.69. The van der Waals surface area contributed by atoms with Gasteiger partial charge in [0.2, 0.25) is 0 Å². The highest BCUT2D eigenvalue weighted by molar-refractivity contribution is 6.10. The molecule has 0 spiro atoms. The lowest BCUT2D eigenvalue weighted by atomic mass is 10.0. The highest BCUT2D eigenvalue weighted by Crippen LogP contribution is 2.29. The summed E-state index contributed by atoms with van der Waals surface area (Å²) in [7, 11) is 0. The van der Waals surface area contributed by atoms with Crippen LogP contribution in [0, 0.1) is 5.41 Å². The minimum atomic E-state index is 0.369. The number of aromatic nitrogens is 4. The standard InChI is InChI=1S/C33H26N6/c34-28(22-9-3-1-4-10-22)19-29(35)24-13-7-14-25(17-24)32-21-33(39-38-32)27-16-8-15-26(18-27)31-20-30(36-37-31)23-11-5-2-6-12-23/h1-21,34H,35H2,(H,36,37)(H,38,39)/b29-19-,34-28?. The SMILES string of the molecule is N=C(/C=C(\N)c1cccc(-c2cc(-c3cccc(-c4cc(-c5ccccc5)n[nH]4)c3)[nH]n2)c1)c1ccccc1. The van der Waals surface area contributed by atoms with Crippen molar-refractivity contribution in [1.29, 1.82) is 5.41 Å². The van der Waals surface area contributed by atoms with Crippen molar-refractivity contribution in [3.8, 4) is 45.0 Å². The monoisotopic (exact) mass is 506 g/mol. The number of allylic oxidation sites excluding steroid dienone is 1. The van der Waals surface area contributed by atoms with E-state index < -0.39 is 0 Å². The van der Waals surface area contributed by atoms with E-state index in [-0.39, 0.29) is 0 Å². The van der Waals surface area contributed by atoms with Gasteiger partial charge in [0.05, 0.1) is 28.5 Å². The van der Waals surface area contributed by atoms with Gasteiger partial charge in [0.25, 0.3) is 0 Å². The van der Waals surface area contributed by atoms with Crippen LogP contribution in [-0.4, -0.2) is 26.1 Å². The first kappa shape index (κ1) is 23.9. The predicted molar refractivity (Wildman–Crippen MR) is 158 cm³/mol. The molecule has 6 rings (SSSR count). The molecule has 0 saturated carbocycles. The molecule has 4 aromatic carbocycles. The first-order chi connectivity index (χ1) is 19.1. The second-order valence-corrected chi connectivity index (χ2v) is 9.24. The number of hydrogen-bond donors (Lipinski definition) is 4. The zero-order valence-electron chi connectivity index (χ0n) is 21.1. The normalized spacial score (nSPS) is 11.4. The summed E-state index contributed by atoms with van der Waals surface area (Å²) in [5.41, 5.74) is 16.6. The summed E-state index contributed by atoms with van der Waals surface area (Å²) in [6.45, 7) is 0. The number of H-pyrrole nitrogens is 2. The molecule has 0 saturated heterocycles. The van der Waals surface area contributed by atoms with Gasteiger partial charge in [-0.1, -0.05) is 97.1 Å². The molecule has 39 heavy (non-hydrogen) atoms. The minimum absolute atomic E-state index is 0.369. The Morgan fingerprint density at radius 3 is 1.74 bits per heavy atom. The van der Waals surface area contributed by atoms with Gasteiger partial charge in [0.1, 0.15) is 0 Å². The molecule has 0 atom stereocenters. The third kappa shape index (κ3) is 5.17.